The van der Waals surface area contributed by atoms with Gasteiger partial charge in [0.05, 0.1) is 10.9 Å². The van der Waals surface area contributed by atoms with Gasteiger partial charge in [-0.05, 0) is 60.9 Å². The molecule has 0 radical (unpaired) electrons. The molecule has 2 aliphatic heterocycles. The SMILES string of the molecule is CCC1c2ccsc2CCN1C(=O)c1cccc(S(=O)(=O)N2CCCCC2)c1. The number of piperidine rings is 1. The van der Waals surface area contributed by atoms with Gasteiger partial charge in [-0.1, -0.05) is 19.4 Å². The van der Waals surface area contributed by atoms with Gasteiger partial charge in [0.2, 0.25) is 10.0 Å². The molecule has 2 aromatic rings. The molecule has 0 bridgehead atoms. The van der Waals surface area contributed by atoms with Gasteiger partial charge < -0.3 is 4.90 Å². The number of carbonyl (C=O) groups excluding carboxylic acids is 1. The fraction of sp³-hybridized carbons (Fsp3) is 0.476. The highest BCUT2D eigenvalue weighted by atomic mass is 32.2. The van der Waals surface area contributed by atoms with Crippen LogP contribution in [-0.2, 0) is 16.4 Å². The van der Waals surface area contributed by atoms with Crippen LogP contribution in [-0.4, -0.2) is 43.2 Å². The summed E-state index contributed by atoms with van der Waals surface area (Å²) in [6, 6.07) is 8.75. The normalized spacial score (nSPS) is 20.8. The number of fused-ring (bicyclic) bond motifs is 1. The highest BCUT2D eigenvalue weighted by Gasteiger charge is 2.32. The first-order valence-electron chi connectivity index (χ1n) is 10.00. The first-order valence-corrected chi connectivity index (χ1v) is 12.3. The Morgan fingerprint density at radius 2 is 1.93 bits per heavy atom. The van der Waals surface area contributed by atoms with E-state index in [4.69, 9.17) is 0 Å². The molecular formula is C21H26N2O3S2. The van der Waals surface area contributed by atoms with Crippen molar-refractivity contribution in [3.05, 3.63) is 51.7 Å². The number of thiophene rings is 1. The summed E-state index contributed by atoms with van der Waals surface area (Å²) in [5.74, 6) is -0.0839. The number of hydrogen-bond acceptors (Lipinski definition) is 4. The van der Waals surface area contributed by atoms with Gasteiger partial charge in [-0.15, -0.1) is 11.3 Å². The lowest BCUT2D eigenvalue weighted by Gasteiger charge is -2.35. The van der Waals surface area contributed by atoms with E-state index in [9.17, 15) is 13.2 Å². The van der Waals surface area contributed by atoms with Gasteiger partial charge in [-0.25, -0.2) is 8.42 Å². The van der Waals surface area contributed by atoms with Gasteiger partial charge in [0, 0.05) is 30.1 Å². The molecule has 3 heterocycles. The predicted octanol–water partition coefficient (Wildman–Crippen LogP) is 4.07. The van der Waals surface area contributed by atoms with Gasteiger partial charge in [-0.2, -0.15) is 4.31 Å². The number of amides is 1. The maximum absolute atomic E-state index is 13.3. The van der Waals surface area contributed by atoms with Crippen LogP contribution in [0.25, 0.3) is 0 Å². The average Bonchev–Trinajstić information content (AvgIpc) is 3.22. The maximum Gasteiger partial charge on any atom is 0.254 e. The molecular weight excluding hydrogens is 392 g/mol. The first-order chi connectivity index (χ1) is 13.5. The van der Waals surface area contributed by atoms with Crippen molar-refractivity contribution in [2.75, 3.05) is 19.6 Å². The highest BCUT2D eigenvalue weighted by Crippen LogP contribution is 2.36. The third-order valence-corrected chi connectivity index (χ3v) is 8.67. The van der Waals surface area contributed by atoms with Gasteiger partial charge in [-0.3, -0.25) is 4.79 Å². The van der Waals surface area contributed by atoms with Crippen molar-refractivity contribution in [3.8, 4) is 0 Å². The Kier molecular flexibility index (Phi) is 5.58. The van der Waals surface area contributed by atoms with Crippen LogP contribution in [0.15, 0.2) is 40.6 Å². The molecule has 0 saturated carbocycles. The fourth-order valence-corrected chi connectivity index (χ4v) is 6.78. The van der Waals surface area contributed by atoms with E-state index in [0.29, 0.717) is 25.2 Å². The third-order valence-electron chi connectivity index (χ3n) is 5.78. The molecule has 1 saturated heterocycles. The summed E-state index contributed by atoms with van der Waals surface area (Å²) in [7, 11) is -3.54. The monoisotopic (exact) mass is 418 g/mol. The smallest absolute Gasteiger partial charge is 0.254 e. The average molecular weight is 419 g/mol. The van der Waals surface area contributed by atoms with Crippen LogP contribution in [0.1, 0.15) is 59.4 Å². The second kappa shape index (κ2) is 7.97. The number of nitrogens with zero attached hydrogens (tertiary/aromatic N) is 2. The van der Waals surface area contributed by atoms with Crippen LogP contribution < -0.4 is 0 Å². The number of benzene rings is 1. The topological polar surface area (TPSA) is 57.7 Å². The van der Waals surface area contributed by atoms with Crippen molar-refractivity contribution in [1.82, 2.24) is 9.21 Å². The molecule has 0 N–H and O–H groups in total. The quantitative estimate of drug-likeness (QED) is 0.752. The second-order valence-electron chi connectivity index (χ2n) is 7.46. The Bertz CT molecular complexity index is 962. The minimum Gasteiger partial charge on any atom is -0.331 e. The molecule has 1 amide bonds. The van der Waals surface area contributed by atoms with Crippen molar-refractivity contribution >= 4 is 27.3 Å². The minimum absolute atomic E-state index is 0.0601. The van der Waals surface area contributed by atoms with Crippen LogP contribution in [0, 0.1) is 0 Å². The van der Waals surface area contributed by atoms with Crippen LogP contribution in [0.2, 0.25) is 0 Å². The summed E-state index contributed by atoms with van der Waals surface area (Å²) in [6.07, 6.45) is 4.57. The Labute approximate surface area is 171 Å². The van der Waals surface area contributed by atoms with E-state index in [0.717, 1.165) is 32.1 Å². The number of rotatable bonds is 4. The molecule has 1 aromatic carbocycles. The molecule has 1 atom stereocenters. The predicted molar refractivity (Wildman–Crippen MR) is 111 cm³/mol. The number of hydrogen-bond donors (Lipinski definition) is 0. The zero-order chi connectivity index (χ0) is 19.7. The zero-order valence-electron chi connectivity index (χ0n) is 16.1. The number of sulfonamides is 1. The lowest BCUT2D eigenvalue weighted by Crippen LogP contribution is -2.39. The molecule has 4 rings (SSSR count). The Morgan fingerprint density at radius 3 is 2.68 bits per heavy atom. The van der Waals surface area contributed by atoms with Crippen LogP contribution in [0.4, 0.5) is 0 Å². The lowest BCUT2D eigenvalue weighted by molar-refractivity contribution is 0.0657. The molecule has 0 spiro atoms. The van der Waals surface area contributed by atoms with Crippen molar-refractivity contribution in [3.63, 3.8) is 0 Å². The summed E-state index contributed by atoms with van der Waals surface area (Å²) < 4.78 is 27.5. The molecule has 0 aliphatic carbocycles. The molecule has 28 heavy (non-hydrogen) atoms. The summed E-state index contributed by atoms with van der Waals surface area (Å²) >= 11 is 1.75. The van der Waals surface area contributed by atoms with Crippen LogP contribution in [0.5, 0.6) is 0 Å². The fourth-order valence-electron chi connectivity index (χ4n) is 4.29. The molecule has 7 heteroatoms. The van der Waals surface area contributed by atoms with Crippen molar-refractivity contribution < 1.29 is 13.2 Å². The van der Waals surface area contributed by atoms with Crippen molar-refractivity contribution in [2.45, 2.75) is 50.0 Å². The van der Waals surface area contributed by atoms with Crippen molar-refractivity contribution in [1.29, 1.82) is 0 Å². The van der Waals surface area contributed by atoms with E-state index in [-0.39, 0.29) is 16.8 Å². The standard InChI is InChI=1S/C21H26N2O3S2/c1-2-19-18-10-14-27-20(18)9-13-23(19)21(24)16-7-6-8-17(15-16)28(25,26)22-11-4-3-5-12-22/h6-8,10,14-15,19H,2-5,9,11-13H2,1H3. The molecule has 1 fully saturated rings. The van der Waals surface area contributed by atoms with Crippen molar-refractivity contribution in [2.24, 2.45) is 0 Å². The summed E-state index contributed by atoms with van der Waals surface area (Å²) in [5.41, 5.74) is 1.69. The largest absolute Gasteiger partial charge is 0.331 e. The van der Waals surface area contributed by atoms with E-state index < -0.39 is 10.0 Å². The van der Waals surface area contributed by atoms with Gasteiger partial charge in [0.15, 0.2) is 0 Å². The number of carbonyl (C=O) groups is 1. The summed E-state index contributed by atoms with van der Waals surface area (Å²) in [6.45, 7) is 3.89. The maximum atomic E-state index is 13.3. The van der Waals surface area contributed by atoms with E-state index in [1.807, 2.05) is 4.90 Å². The molecule has 5 nitrogen and oxygen atoms in total. The van der Waals surface area contributed by atoms with E-state index in [1.54, 1.807) is 39.9 Å². The van der Waals surface area contributed by atoms with E-state index >= 15 is 0 Å². The highest BCUT2D eigenvalue weighted by molar-refractivity contribution is 7.89. The molecule has 2 aliphatic rings. The minimum atomic E-state index is -3.54. The third kappa shape index (κ3) is 3.51. The van der Waals surface area contributed by atoms with E-state index in [1.165, 1.54) is 10.4 Å². The van der Waals surface area contributed by atoms with Gasteiger partial charge in [0.25, 0.3) is 5.91 Å². The Hall–Kier alpha value is -1.70. The molecule has 1 unspecified atom stereocenters. The zero-order valence-corrected chi connectivity index (χ0v) is 17.8. The van der Waals surface area contributed by atoms with Gasteiger partial charge >= 0.3 is 0 Å². The van der Waals surface area contributed by atoms with E-state index in [2.05, 4.69) is 18.4 Å². The lowest BCUT2D eigenvalue weighted by atomic mass is 9.97. The summed E-state index contributed by atoms with van der Waals surface area (Å²) in [5, 5.41) is 2.09. The Balaban J connectivity index is 1.61. The Morgan fingerprint density at radius 1 is 1.14 bits per heavy atom. The second-order valence-corrected chi connectivity index (χ2v) is 10.4. The van der Waals surface area contributed by atoms with Crippen LogP contribution >= 0.6 is 11.3 Å². The molecule has 1 aromatic heterocycles. The van der Waals surface area contributed by atoms with Crippen LogP contribution in [0.3, 0.4) is 0 Å². The summed E-state index contributed by atoms with van der Waals surface area (Å²) in [4.78, 5) is 16.8. The molecule has 150 valence electrons. The first kappa shape index (κ1) is 19.6. The van der Waals surface area contributed by atoms with Gasteiger partial charge in [0.1, 0.15) is 0 Å².